The van der Waals surface area contributed by atoms with Gasteiger partial charge >= 0.3 is 60.3 Å². The predicted octanol–water partition coefficient (Wildman–Crippen LogP) is 0.451. The standard InChI is InChI=1S/C4H7O.3C3H4O2.C2H4O2.CH3.4Al.3O/c1-3-4(2)5;3*1-2-3(4)5;1-2(3)4;;;;;;;;/h3-4H,1H2,2H3;3*2H,1H2,(H,4,5);1H3,(H,3,4);1H3;;;;;;;/q-1;;;;;;3*+1;+2;;;/p-4. The van der Waals surface area contributed by atoms with Gasteiger partial charge in [0.1, 0.15) is 0 Å². The van der Waals surface area contributed by atoms with Gasteiger partial charge in [0, 0.05) is 31.3 Å². The third-order valence-electron chi connectivity index (χ3n) is 2.87. The number of hydrogen-bond acceptors (Lipinski definition) is 12. The molecule has 0 aromatic heterocycles. The summed E-state index contributed by atoms with van der Waals surface area (Å²) in [7, 11) is 0. The normalized spacial score (nSPS) is 10.5. The lowest BCUT2D eigenvalue weighted by atomic mass is 10.4. The molecule has 0 fully saturated rings. The van der Waals surface area contributed by atoms with Crippen molar-refractivity contribution in [2.75, 3.05) is 0 Å². The van der Waals surface area contributed by atoms with Crippen LogP contribution >= 0.6 is 0 Å². The summed E-state index contributed by atoms with van der Waals surface area (Å²) in [5.41, 5.74) is 0. The Morgan fingerprint density at radius 1 is 0.719 bits per heavy atom. The lowest BCUT2D eigenvalue weighted by Gasteiger charge is -2.21. The van der Waals surface area contributed by atoms with Crippen molar-refractivity contribution in [3.05, 3.63) is 50.6 Å². The van der Waals surface area contributed by atoms with Gasteiger partial charge in [0.25, 0.3) is 23.9 Å². The molecule has 0 spiro atoms. The third-order valence-corrected chi connectivity index (χ3v) is 11.4. The number of rotatable bonds is 16. The summed E-state index contributed by atoms with van der Waals surface area (Å²) in [6, 6.07) is 0. The molecule has 0 aromatic carbocycles. The molecular weight excluding hydrogens is 492 g/mol. The molecule has 1 unspecified atom stereocenters. The van der Waals surface area contributed by atoms with E-state index >= 15 is 0 Å². The number of hydrogen-bond donors (Lipinski definition) is 0. The maximum atomic E-state index is 11.7. The highest BCUT2D eigenvalue weighted by Gasteiger charge is 2.55. The SMILES string of the molecule is C=CC(=O)[O][Al]([CH3])[O][Al]([O]C(=O)C=C)[O][Al]([O]C(=O)C=C)[O][Al]([O]C(C)=O)[O]C(C)C=C. The van der Waals surface area contributed by atoms with Crippen molar-refractivity contribution < 1.29 is 46.6 Å². The monoisotopic (exact) mass is 514 g/mol. The first-order chi connectivity index (χ1) is 15.0. The fraction of sp³-hybridized carbons (Fsp3) is 0.250. The Morgan fingerprint density at radius 3 is 1.59 bits per heavy atom. The van der Waals surface area contributed by atoms with E-state index in [-0.39, 0.29) is 0 Å². The van der Waals surface area contributed by atoms with E-state index in [1.807, 2.05) is 0 Å². The minimum Gasteiger partial charge on any atom is -0.593 e. The highest BCUT2D eigenvalue weighted by atomic mass is 27.4. The molecule has 0 heterocycles. The van der Waals surface area contributed by atoms with Gasteiger partial charge in [-0.05, 0) is 12.7 Å². The largest absolute Gasteiger partial charge is 0.976 e. The van der Waals surface area contributed by atoms with Crippen molar-refractivity contribution in [3.63, 3.8) is 0 Å². The quantitative estimate of drug-likeness (QED) is 0.160. The minimum atomic E-state index is -3.53. The van der Waals surface area contributed by atoms with Gasteiger partial charge in [0.05, 0.1) is 0 Å². The summed E-state index contributed by atoms with van der Waals surface area (Å²) < 4.78 is 42.1. The summed E-state index contributed by atoms with van der Waals surface area (Å²) in [4.78, 5) is 46.2. The van der Waals surface area contributed by atoms with E-state index in [9.17, 15) is 19.2 Å². The summed E-state index contributed by atoms with van der Waals surface area (Å²) in [5, 5.41) is 0. The van der Waals surface area contributed by atoms with Crippen molar-refractivity contribution in [2.45, 2.75) is 25.7 Å². The maximum absolute atomic E-state index is 11.7. The highest BCUT2D eigenvalue weighted by molar-refractivity contribution is 6.64. The Morgan fingerprint density at radius 2 is 1.16 bits per heavy atom. The Labute approximate surface area is 206 Å². The van der Waals surface area contributed by atoms with Crippen molar-refractivity contribution in [1.82, 2.24) is 0 Å². The lowest BCUT2D eigenvalue weighted by molar-refractivity contribution is -0.135. The Balaban J connectivity index is 5.61. The van der Waals surface area contributed by atoms with E-state index in [4.69, 9.17) is 27.5 Å². The average Bonchev–Trinajstić information content (AvgIpc) is 2.72. The van der Waals surface area contributed by atoms with Gasteiger partial charge in [-0.2, -0.15) is 0 Å². The summed E-state index contributed by atoms with van der Waals surface area (Å²) in [5.74, 6) is -1.80. The highest BCUT2D eigenvalue weighted by Crippen LogP contribution is 2.08. The van der Waals surface area contributed by atoms with Crippen molar-refractivity contribution >= 4 is 84.1 Å². The van der Waals surface area contributed by atoms with Crippen LogP contribution in [0.2, 0.25) is 5.79 Å². The molecule has 0 saturated carbocycles. The molecule has 12 nitrogen and oxygen atoms in total. The average molecular weight is 514 g/mol. The second-order valence-electron chi connectivity index (χ2n) is 5.45. The molecular formula is C16H22Al4O12. The van der Waals surface area contributed by atoms with E-state index in [0.29, 0.717) is 0 Å². The topological polar surface area (TPSA) is 142 Å². The van der Waals surface area contributed by atoms with Crippen molar-refractivity contribution in [2.24, 2.45) is 0 Å². The van der Waals surface area contributed by atoms with E-state index in [2.05, 4.69) is 26.3 Å². The molecule has 0 amide bonds. The maximum Gasteiger partial charge on any atom is 0.976 e. The van der Waals surface area contributed by atoms with Gasteiger partial charge in [-0.25, -0.2) is 0 Å². The molecule has 32 heavy (non-hydrogen) atoms. The number of carbonyl (C=O) groups is 4. The van der Waals surface area contributed by atoms with Gasteiger partial charge in [-0.1, -0.05) is 25.8 Å². The van der Waals surface area contributed by atoms with E-state index in [0.717, 1.165) is 25.2 Å². The van der Waals surface area contributed by atoms with Crippen LogP contribution in [-0.2, 0) is 46.6 Å². The van der Waals surface area contributed by atoms with Crippen molar-refractivity contribution in [1.29, 1.82) is 0 Å². The number of carbonyl (C=O) groups excluding carboxylic acids is 4. The molecule has 16 heteroatoms. The van der Waals surface area contributed by atoms with E-state index < -0.39 is 90.2 Å². The summed E-state index contributed by atoms with van der Waals surface area (Å²) in [6.45, 7) is 16.1. The zero-order valence-electron chi connectivity index (χ0n) is 17.9. The smallest absolute Gasteiger partial charge is 0.593 e. The van der Waals surface area contributed by atoms with Crippen LogP contribution in [0.25, 0.3) is 0 Å². The first kappa shape index (κ1) is 30.8. The Kier molecular flexibility index (Phi) is 16.7. The van der Waals surface area contributed by atoms with Gasteiger partial charge in [-0.3, -0.25) is 19.2 Å². The zero-order valence-corrected chi connectivity index (χ0v) is 22.5. The molecule has 0 saturated heterocycles. The van der Waals surface area contributed by atoms with Crippen LogP contribution in [0.4, 0.5) is 0 Å². The second kappa shape index (κ2) is 17.3. The molecule has 0 radical (unpaired) electrons. The lowest BCUT2D eigenvalue weighted by Crippen LogP contribution is -2.47. The van der Waals surface area contributed by atoms with Crippen LogP contribution in [0.3, 0.4) is 0 Å². The van der Waals surface area contributed by atoms with Crippen LogP contribution in [0.15, 0.2) is 50.6 Å². The molecule has 0 aliphatic rings. The molecule has 1 atom stereocenters. The fourth-order valence-corrected chi connectivity index (χ4v) is 9.24. The van der Waals surface area contributed by atoms with Crippen LogP contribution < -0.4 is 0 Å². The van der Waals surface area contributed by atoms with Gasteiger partial charge < -0.3 is 27.5 Å². The van der Waals surface area contributed by atoms with Crippen molar-refractivity contribution in [3.8, 4) is 0 Å². The van der Waals surface area contributed by atoms with Gasteiger partial charge in [-0.15, -0.1) is 6.58 Å². The third kappa shape index (κ3) is 14.8. The molecule has 0 aromatic rings. The van der Waals surface area contributed by atoms with Crippen LogP contribution in [0, 0.1) is 0 Å². The zero-order chi connectivity index (χ0) is 24.7. The summed E-state index contributed by atoms with van der Waals surface area (Å²) in [6.07, 6.45) is 3.49. The fourth-order valence-electron chi connectivity index (χ4n) is 1.49. The molecule has 0 aliphatic heterocycles. The van der Waals surface area contributed by atoms with Crippen LogP contribution in [0.1, 0.15) is 13.8 Å². The molecule has 0 aliphatic carbocycles. The molecule has 0 bridgehead atoms. The first-order valence-electron chi connectivity index (χ1n) is 8.95. The van der Waals surface area contributed by atoms with Gasteiger partial charge in [0.2, 0.25) is 0 Å². The minimum absolute atomic E-state index is 0.565. The van der Waals surface area contributed by atoms with E-state index in [1.54, 1.807) is 6.92 Å². The summed E-state index contributed by atoms with van der Waals surface area (Å²) >= 11 is -12.9. The second-order valence-corrected chi connectivity index (χ2v) is 12.8. The molecule has 0 N–H and O–H groups in total. The van der Waals surface area contributed by atoms with E-state index in [1.165, 1.54) is 11.9 Å². The Bertz CT molecular complexity index is 715. The van der Waals surface area contributed by atoms with Crippen LogP contribution in [-0.4, -0.2) is 90.2 Å². The van der Waals surface area contributed by atoms with Crippen LogP contribution in [0.5, 0.6) is 0 Å². The van der Waals surface area contributed by atoms with Gasteiger partial charge in [0.15, 0.2) is 0 Å². The molecule has 170 valence electrons. The molecule has 0 rings (SSSR count). The predicted molar refractivity (Wildman–Crippen MR) is 114 cm³/mol. The first-order valence-corrected chi connectivity index (χ1v) is 15.3. The Hall–Kier alpha value is -1.19.